The molecule has 25 heavy (non-hydrogen) atoms. The van der Waals surface area contributed by atoms with Gasteiger partial charge in [0.2, 0.25) is 15.9 Å². The second kappa shape index (κ2) is 8.65. The number of rotatable bonds is 9. The zero-order valence-corrected chi connectivity index (χ0v) is 15.5. The molecular formula is C15H23N3O6S. The van der Waals surface area contributed by atoms with Crippen molar-refractivity contribution in [2.24, 2.45) is 0 Å². The van der Waals surface area contributed by atoms with E-state index in [-0.39, 0.29) is 23.2 Å². The Morgan fingerprint density at radius 1 is 1.44 bits per heavy atom. The smallest absolute Gasteiger partial charge is 0.271 e. The molecule has 0 aliphatic carbocycles. The number of hydrogen-bond acceptors (Lipinski definition) is 6. The molecule has 0 aromatic heterocycles. The number of nitro benzene ring substituents is 1. The van der Waals surface area contributed by atoms with E-state index >= 15 is 0 Å². The number of hydrogen-bond donors (Lipinski definition) is 1. The SMILES string of the molecule is CCC[C@@H](C)NC(=O)CN(c1cc([N+](=O)[O-])ccc1OC)S(C)(=O)=O. The first kappa shape index (κ1) is 20.7. The van der Waals surface area contributed by atoms with Crippen LogP contribution in [0.3, 0.4) is 0 Å². The van der Waals surface area contributed by atoms with Crippen molar-refractivity contribution in [3.05, 3.63) is 28.3 Å². The lowest BCUT2D eigenvalue weighted by molar-refractivity contribution is -0.384. The van der Waals surface area contributed by atoms with Gasteiger partial charge in [0.25, 0.3) is 5.69 Å². The molecule has 1 rings (SSSR count). The lowest BCUT2D eigenvalue weighted by Crippen LogP contribution is -2.43. The van der Waals surface area contributed by atoms with E-state index in [9.17, 15) is 23.3 Å². The van der Waals surface area contributed by atoms with Crippen LogP contribution in [-0.2, 0) is 14.8 Å². The molecule has 140 valence electrons. The van der Waals surface area contributed by atoms with Gasteiger partial charge >= 0.3 is 0 Å². The fourth-order valence-electron chi connectivity index (χ4n) is 2.32. The predicted octanol–water partition coefficient (Wildman–Crippen LogP) is 1.67. The molecule has 0 aliphatic heterocycles. The number of methoxy groups -OCH3 is 1. The minimum atomic E-state index is -3.87. The Bertz CT molecular complexity index is 735. The number of amides is 1. The summed E-state index contributed by atoms with van der Waals surface area (Å²) in [7, 11) is -2.55. The summed E-state index contributed by atoms with van der Waals surface area (Å²) >= 11 is 0. The maximum atomic E-state index is 12.2. The molecule has 1 aromatic rings. The standard InChI is InChI=1S/C15H23N3O6S/c1-5-6-11(2)16-15(19)10-17(25(4,22)23)13-9-12(18(20)21)7-8-14(13)24-3/h7-9,11H,5-6,10H2,1-4H3,(H,16,19)/t11-/m1/s1. The van der Waals surface area contributed by atoms with Crippen molar-refractivity contribution >= 4 is 27.3 Å². The zero-order chi connectivity index (χ0) is 19.2. The van der Waals surface area contributed by atoms with Crippen molar-refractivity contribution in [1.29, 1.82) is 0 Å². The van der Waals surface area contributed by atoms with Gasteiger partial charge in [-0.25, -0.2) is 8.42 Å². The molecule has 1 atom stereocenters. The van der Waals surface area contributed by atoms with Gasteiger partial charge in [0.05, 0.1) is 18.3 Å². The molecule has 0 spiro atoms. The number of carbonyl (C=O) groups excluding carboxylic acids is 1. The molecule has 0 saturated carbocycles. The molecule has 0 heterocycles. The van der Waals surface area contributed by atoms with Crippen LogP contribution in [-0.4, -0.2) is 45.2 Å². The zero-order valence-electron chi connectivity index (χ0n) is 14.7. The first-order chi connectivity index (χ1) is 11.6. The van der Waals surface area contributed by atoms with Crippen molar-refractivity contribution in [3.8, 4) is 5.75 Å². The Balaban J connectivity index is 3.22. The largest absolute Gasteiger partial charge is 0.495 e. The van der Waals surface area contributed by atoms with E-state index < -0.39 is 27.4 Å². The highest BCUT2D eigenvalue weighted by Crippen LogP contribution is 2.33. The van der Waals surface area contributed by atoms with Crippen molar-refractivity contribution < 1.29 is 22.9 Å². The number of sulfonamides is 1. The van der Waals surface area contributed by atoms with Gasteiger partial charge in [-0.3, -0.25) is 19.2 Å². The van der Waals surface area contributed by atoms with Crippen LogP contribution in [0.4, 0.5) is 11.4 Å². The highest BCUT2D eigenvalue weighted by atomic mass is 32.2. The topological polar surface area (TPSA) is 119 Å². The van der Waals surface area contributed by atoms with Crippen molar-refractivity contribution in [3.63, 3.8) is 0 Å². The number of nitrogens with zero attached hydrogens (tertiary/aromatic N) is 2. The number of non-ortho nitro benzene ring substituents is 1. The Labute approximate surface area is 147 Å². The first-order valence-electron chi connectivity index (χ1n) is 7.69. The minimum Gasteiger partial charge on any atom is -0.495 e. The minimum absolute atomic E-state index is 0.0579. The molecule has 10 heteroatoms. The molecule has 1 amide bonds. The van der Waals surface area contributed by atoms with Gasteiger partial charge in [-0.1, -0.05) is 13.3 Å². The van der Waals surface area contributed by atoms with Gasteiger partial charge in [0, 0.05) is 18.2 Å². The average Bonchev–Trinajstić information content (AvgIpc) is 2.51. The highest BCUT2D eigenvalue weighted by Gasteiger charge is 2.26. The third kappa shape index (κ3) is 5.89. The van der Waals surface area contributed by atoms with Gasteiger partial charge < -0.3 is 10.1 Å². The molecule has 1 aromatic carbocycles. The normalized spacial score (nSPS) is 12.3. The molecule has 0 bridgehead atoms. The quantitative estimate of drug-likeness (QED) is 0.519. The van der Waals surface area contributed by atoms with Gasteiger partial charge in [-0.2, -0.15) is 0 Å². The number of anilines is 1. The van der Waals surface area contributed by atoms with Crippen molar-refractivity contribution in [1.82, 2.24) is 5.32 Å². The Morgan fingerprint density at radius 2 is 2.08 bits per heavy atom. The van der Waals surface area contributed by atoms with Crippen molar-refractivity contribution in [2.45, 2.75) is 32.7 Å². The highest BCUT2D eigenvalue weighted by molar-refractivity contribution is 7.92. The second-order valence-corrected chi connectivity index (χ2v) is 7.55. The van der Waals surface area contributed by atoms with Gasteiger partial charge in [0.1, 0.15) is 18.0 Å². The third-order valence-electron chi connectivity index (χ3n) is 3.46. The second-order valence-electron chi connectivity index (χ2n) is 5.64. The van der Waals surface area contributed by atoms with E-state index in [1.807, 2.05) is 13.8 Å². The number of carbonyl (C=O) groups is 1. The molecule has 0 fully saturated rings. The van der Waals surface area contributed by atoms with Crippen LogP contribution >= 0.6 is 0 Å². The van der Waals surface area contributed by atoms with E-state index in [4.69, 9.17) is 4.74 Å². The predicted molar refractivity (Wildman–Crippen MR) is 94.4 cm³/mol. The lowest BCUT2D eigenvalue weighted by Gasteiger charge is -2.24. The van der Waals surface area contributed by atoms with Crippen LogP contribution in [0.2, 0.25) is 0 Å². The van der Waals surface area contributed by atoms with Gasteiger partial charge in [-0.15, -0.1) is 0 Å². The van der Waals surface area contributed by atoms with E-state index in [0.29, 0.717) is 0 Å². The van der Waals surface area contributed by atoms with Gasteiger partial charge in [-0.05, 0) is 19.4 Å². The molecule has 9 nitrogen and oxygen atoms in total. The van der Waals surface area contributed by atoms with E-state index in [0.717, 1.165) is 29.5 Å². The maximum Gasteiger partial charge on any atom is 0.271 e. The maximum absolute atomic E-state index is 12.2. The molecule has 1 N–H and O–H groups in total. The molecule has 0 aliphatic rings. The number of benzene rings is 1. The van der Waals surface area contributed by atoms with Crippen LogP contribution in [0.15, 0.2) is 18.2 Å². The summed E-state index contributed by atoms with van der Waals surface area (Å²) in [5.74, 6) is -0.384. The summed E-state index contributed by atoms with van der Waals surface area (Å²) in [4.78, 5) is 22.5. The molecule has 0 unspecified atom stereocenters. The summed E-state index contributed by atoms with van der Waals surface area (Å²) < 4.78 is 30.2. The Kier molecular flexibility index (Phi) is 7.16. The number of nitro groups is 1. The van der Waals surface area contributed by atoms with Crippen LogP contribution < -0.4 is 14.4 Å². The summed E-state index contributed by atoms with van der Waals surface area (Å²) in [6.07, 6.45) is 2.55. The van der Waals surface area contributed by atoms with E-state index in [1.54, 1.807) is 0 Å². The third-order valence-corrected chi connectivity index (χ3v) is 4.59. The van der Waals surface area contributed by atoms with Crippen molar-refractivity contribution in [2.75, 3.05) is 24.2 Å². The van der Waals surface area contributed by atoms with E-state index in [1.165, 1.54) is 19.2 Å². The van der Waals surface area contributed by atoms with Crippen LogP contribution in [0.1, 0.15) is 26.7 Å². The monoisotopic (exact) mass is 373 g/mol. The molecule has 0 saturated heterocycles. The molecular weight excluding hydrogens is 350 g/mol. The summed E-state index contributed by atoms with van der Waals surface area (Å²) in [5, 5.41) is 13.7. The van der Waals surface area contributed by atoms with Crippen LogP contribution in [0, 0.1) is 10.1 Å². The summed E-state index contributed by atoms with van der Waals surface area (Å²) in [5.41, 5.74) is -0.360. The Morgan fingerprint density at radius 3 is 2.56 bits per heavy atom. The van der Waals surface area contributed by atoms with Gasteiger partial charge in [0.15, 0.2) is 0 Å². The summed E-state index contributed by atoms with van der Waals surface area (Å²) in [6.45, 7) is 3.30. The number of nitrogens with one attached hydrogen (secondary N) is 1. The fraction of sp³-hybridized carbons (Fsp3) is 0.533. The molecule has 0 radical (unpaired) electrons. The Hall–Kier alpha value is -2.36. The number of ether oxygens (including phenoxy) is 1. The van der Waals surface area contributed by atoms with Crippen LogP contribution in [0.5, 0.6) is 5.75 Å². The summed E-state index contributed by atoms with van der Waals surface area (Å²) in [6, 6.07) is 3.46. The van der Waals surface area contributed by atoms with Crippen LogP contribution in [0.25, 0.3) is 0 Å². The lowest BCUT2D eigenvalue weighted by atomic mass is 10.2. The fourth-order valence-corrected chi connectivity index (χ4v) is 3.18. The average molecular weight is 373 g/mol. The first-order valence-corrected chi connectivity index (χ1v) is 9.54. The van der Waals surface area contributed by atoms with E-state index in [2.05, 4.69) is 5.32 Å².